The fourth-order valence-electron chi connectivity index (χ4n) is 1.96. The zero-order valence-corrected chi connectivity index (χ0v) is 10.2. The lowest BCUT2D eigenvalue weighted by molar-refractivity contribution is -0.384. The molecule has 1 aromatic rings. The molecule has 0 radical (unpaired) electrons. The third kappa shape index (κ3) is 3.41. The van der Waals surface area contributed by atoms with Crippen LogP contribution in [0.5, 0.6) is 0 Å². The Kier molecular flexibility index (Phi) is 3.96. The van der Waals surface area contributed by atoms with Gasteiger partial charge in [-0.3, -0.25) is 15.4 Å². The van der Waals surface area contributed by atoms with Crippen LogP contribution in [0.1, 0.15) is 12.8 Å². The number of hydrogen-bond acceptors (Lipinski definition) is 5. The minimum Gasteiger partial charge on any atom is -0.446 e. The molecule has 0 spiro atoms. The van der Waals surface area contributed by atoms with Gasteiger partial charge in [0.1, 0.15) is 6.10 Å². The molecule has 1 aromatic carbocycles. The number of amides is 1. The van der Waals surface area contributed by atoms with E-state index in [9.17, 15) is 14.9 Å². The van der Waals surface area contributed by atoms with Gasteiger partial charge in [0, 0.05) is 12.1 Å². The second-order valence-electron chi connectivity index (χ2n) is 4.53. The molecule has 0 saturated heterocycles. The van der Waals surface area contributed by atoms with Crippen LogP contribution >= 0.6 is 0 Å². The van der Waals surface area contributed by atoms with E-state index >= 15 is 0 Å². The predicted molar refractivity (Wildman–Crippen MR) is 68.8 cm³/mol. The molecule has 7 heteroatoms. The topological polar surface area (TPSA) is 107 Å². The molecule has 7 nitrogen and oxygen atoms in total. The summed E-state index contributed by atoms with van der Waals surface area (Å²) in [6, 6.07) is 5.71. The van der Waals surface area contributed by atoms with Crippen LogP contribution < -0.4 is 11.1 Å². The van der Waals surface area contributed by atoms with Crippen molar-refractivity contribution in [3.63, 3.8) is 0 Å². The highest BCUT2D eigenvalue weighted by molar-refractivity contribution is 5.85. The number of hydrogen-bond donors (Lipinski definition) is 2. The average Bonchev–Trinajstić information content (AvgIpc) is 2.33. The fraction of sp³-hybridized carbons (Fsp3) is 0.417. The molecule has 0 heterocycles. The normalized spacial score (nSPS) is 21.3. The van der Waals surface area contributed by atoms with E-state index in [0.717, 1.165) is 12.8 Å². The van der Waals surface area contributed by atoms with Gasteiger partial charge in [0.2, 0.25) is 0 Å². The van der Waals surface area contributed by atoms with Crippen LogP contribution in [0, 0.1) is 16.0 Å². The first kappa shape index (κ1) is 13.3. The molecule has 1 amide bonds. The highest BCUT2D eigenvalue weighted by Crippen LogP contribution is 2.29. The molecule has 19 heavy (non-hydrogen) atoms. The lowest BCUT2D eigenvalue weighted by Crippen LogP contribution is -2.38. The number of rotatable bonds is 4. The molecule has 0 aliphatic heterocycles. The van der Waals surface area contributed by atoms with Crippen LogP contribution in [0.25, 0.3) is 0 Å². The number of nitrogens with two attached hydrogens (primary N) is 1. The molecule has 0 unspecified atom stereocenters. The summed E-state index contributed by atoms with van der Waals surface area (Å²) in [6.07, 6.45) is 0.853. The van der Waals surface area contributed by atoms with Gasteiger partial charge in [-0.15, -0.1) is 0 Å². The number of carbonyl (C=O) groups excluding carboxylic acids is 1. The maximum atomic E-state index is 11.6. The monoisotopic (exact) mass is 265 g/mol. The van der Waals surface area contributed by atoms with Crippen LogP contribution in [-0.4, -0.2) is 23.7 Å². The zero-order chi connectivity index (χ0) is 13.8. The van der Waals surface area contributed by atoms with Gasteiger partial charge in [-0.2, -0.15) is 0 Å². The molecule has 1 saturated carbocycles. The van der Waals surface area contributed by atoms with Crippen molar-refractivity contribution >= 4 is 17.5 Å². The number of benzene rings is 1. The molecular formula is C12H15N3O4. The Hall–Kier alpha value is -2.15. The van der Waals surface area contributed by atoms with Crippen molar-refractivity contribution in [1.29, 1.82) is 0 Å². The van der Waals surface area contributed by atoms with Crippen LogP contribution in [0.15, 0.2) is 24.3 Å². The average molecular weight is 265 g/mol. The van der Waals surface area contributed by atoms with E-state index in [4.69, 9.17) is 10.5 Å². The summed E-state index contributed by atoms with van der Waals surface area (Å²) in [5.74, 6) is 0.426. The van der Waals surface area contributed by atoms with Crippen LogP contribution in [0.3, 0.4) is 0 Å². The second kappa shape index (κ2) is 5.66. The number of anilines is 1. The van der Waals surface area contributed by atoms with Crippen molar-refractivity contribution in [2.45, 2.75) is 18.9 Å². The molecule has 0 aromatic heterocycles. The number of ether oxygens (including phenoxy) is 1. The summed E-state index contributed by atoms with van der Waals surface area (Å²) in [5.41, 5.74) is 5.74. The third-order valence-corrected chi connectivity index (χ3v) is 3.10. The van der Waals surface area contributed by atoms with Gasteiger partial charge in [0.25, 0.3) is 5.69 Å². The van der Waals surface area contributed by atoms with Gasteiger partial charge in [-0.25, -0.2) is 4.79 Å². The summed E-state index contributed by atoms with van der Waals surface area (Å²) in [7, 11) is 0. The van der Waals surface area contributed by atoms with E-state index in [1.54, 1.807) is 6.07 Å². The first-order valence-electron chi connectivity index (χ1n) is 6.00. The number of nitro groups is 1. The van der Waals surface area contributed by atoms with Crippen LogP contribution in [-0.2, 0) is 4.74 Å². The molecular weight excluding hydrogens is 250 g/mol. The second-order valence-corrected chi connectivity index (χ2v) is 4.53. The zero-order valence-electron chi connectivity index (χ0n) is 10.2. The number of nitrogens with zero attached hydrogens (tertiary/aromatic N) is 1. The highest BCUT2D eigenvalue weighted by Gasteiger charge is 2.31. The van der Waals surface area contributed by atoms with Crippen molar-refractivity contribution in [3.8, 4) is 0 Å². The van der Waals surface area contributed by atoms with Crippen molar-refractivity contribution in [2.24, 2.45) is 11.7 Å². The largest absolute Gasteiger partial charge is 0.446 e. The number of non-ortho nitro benzene ring substituents is 1. The van der Waals surface area contributed by atoms with Crippen molar-refractivity contribution < 1.29 is 14.5 Å². The molecule has 0 atom stereocenters. The summed E-state index contributed by atoms with van der Waals surface area (Å²) in [5, 5.41) is 13.1. The van der Waals surface area contributed by atoms with Crippen molar-refractivity contribution in [2.75, 3.05) is 11.9 Å². The molecule has 1 aliphatic carbocycles. The number of nitrogens with one attached hydrogen (secondary N) is 1. The maximum absolute atomic E-state index is 11.6. The first-order valence-corrected chi connectivity index (χ1v) is 6.00. The van der Waals surface area contributed by atoms with Crippen LogP contribution in [0.4, 0.5) is 16.2 Å². The maximum Gasteiger partial charge on any atom is 0.411 e. The molecule has 0 bridgehead atoms. The predicted octanol–water partition coefficient (Wildman–Crippen LogP) is 1.88. The van der Waals surface area contributed by atoms with Crippen LogP contribution in [0.2, 0.25) is 0 Å². The van der Waals surface area contributed by atoms with Gasteiger partial charge in [0.05, 0.1) is 10.6 Å². The Labute approximate surface area is 109 Å². The van der Waals surface area contributed by atoms with E-state index in [0.29, 0.717) is 18.2 Å². The molecule has 1 aliphatic rings. The van der Waals surface area contributed by atoms with Gasteiger partial charge < -0.3 is 10.5 Å². The van der Waals surface area contributed by atoms with E-state index in [-0.39, 0.29) is 11.8 Å². The molecule has 3 N–H and O–H groups in total. The first-order chi connectivity index (χ1) is 9.08. The van der Waals surface area contributed by atoms with E-state index in [2.05, 4.69) is 5.32 Å². The lowest BCUT2D eigenvalue weighted by atomic mass is 9.82. The smallest absolute Gasteiger partial charge is 0.411 e. The SMILES string of the molecule is NCC1CC(OC(=O)Nc2cccc([N+](=O)[O-])c2)C1. The molecule has 102 valence electrons. The molecule has 1 fully saturated rings. The Bertz CT molecular complexity index is 486. The van der Waals surface area contributed by atoms with E-state index in [1.165, 1.54) is 18.2 Å². The Morgan fingerprint density at radius 1 is 1.53 bits per heavy atom. The van der Waals surface area contributed by atoms with E-state index < -0.39 is 11.0 Å². The lowest BCUT2D eigenvalue weighted by Gasteiger charge is -2.33. The van der Waals surface area contributed by atoms with Gasteiger partial charge in [0.15, 0.2) is 0 Å². The summed E-state index contributed by atoms with van der Waals surface area (Å²) < 4.78 is 5.15. The minimum absolute atomic E-state index is 0.0790. The third-order valence-electron chi connectivity index (χ3n) is 3.10. The Balaban J connectivity index is 1.85. The summed E-state index contributed by atoms with van der Waals surface area (Å²) in [4.78, 5) is 21.6. The summed E-state index contributed by atoms with van der Waals surface area (Å²) >= 11 is 0. The Morgan fingerprint density at radius 3 is 2.89 bits per heavy atom. The van der Waals surface area contributed by atoms with Crippen molar-refractivity contribution in [3.05, 3.63) is 34.4 Å². The highest BCUT2D eigenvalue weighted by atomic mass is 16.6. The Morgan fingerprint density at radius 2 is 2.26 bits per heavy atom. The quantitative estimate of drug-likeness (QED) is 0.638. The summed E-state index contributed by atoms with van der Waals surface area (Å²) in [6.45, 7) is 0.604. The van der Waals surface area contributed by atoms with E-state index in [1.807, 2.05) is 0 Å². The number of nitro benzene ring substituents is 1. The minimum atomic E-state index is -0.596. The standard InChI is InChI=1S/C12H15N3O4/c13-7-8-4-11(5-8)19-12(16)14-9-2-1-3-10(6-9)15(17)18/h1-3,6,8,11H,4-5,7,13H2,(H,14,16). The van der Waals surface area contributed by atoms with Gasteiger partial charge in [-0.05, 0) is 31.4 Å². The number of carbonyl (C=O) groups is 1. The fourth-order valence-corrected chi connectivity index (χ4v) is 1.96. The molecule has 2 rings (SSSR count). The van der Waals surface area contributed by atoms with Crippen molar-refractivity contribution in [1.82, 2.24) is 0 Å². The van der Waals surface area contributed by atoms with Gasteiger partial charge in [-0.1, -0.05) is 6.07 Å². The van der Waals surface area contributed by atoms with Gasteiger partial charge >= 0.3 is 6.09 Å².